The van der Waals surface area contributed by atoms with Gasteiger partial charge in [-0.05, 0) is 104 Å². The van der Waals surface area contributed by atoms with Crippen LogP contribution in [0.3, 0.4) is 0 Å². The number of aryl methyl sites for hydroxylation is 1. The maximum atomic E-state index is 17.2. The largest absolute Gasteiger partial charge is 0.508 e. The Balaban J connectivity index is 0.741. The summed E-state index contributed by atoms with van der Waals surface area (Å²) in [6, 6.07) is 11.2. The molecule has 0 radical (unpaired) electrons. The molecule has 6 aliphatic rings. The summed E-state index contributed by atoms with van der Waals surface area (Å²) in [5.41, 5.74) is 1.20. The Morgan fingerprint density at radius 3 is 2.45 bits per heavy atom. The number of amides is 2. The van der Waals surface area contributed by atoms with E-state index in [1.807, 2.05) is 25.1 Å². The highest BCUT2D eigenvalue weighted by molar-refractivity contribution is 6.03. The van der Waals surface area contributed by atoms with Gasteiger partial charge < -0.3 is 40.0 Å². The monoisotopic (exact) mass is 974 g/mol. The molecule has 5 saturated heterocycles. The fraction of sp³-hybridized carbons (Fsp3) is 0.509. The number of hydrogen-bond donors (Lipinski definition) is 4. The number of anilines is 3. The van der Waals surface area contributed by atoms with Gasteiger partial charge in [-0.15, -0.1) is 0 Å². The number of benzene rings is 3. The predicted octanol–water partition coefficient (Wildman–Crippen LogP) is 7.15. The highest BCUT2D eigenvalue weighted by Gasteiger charge is 2.47. The molecule has 1 aliphatic carbocycles. The third-order valence-electron chi connectivity index (χ3n) is 16.0. The molecule has 2 atom stereocenters. The van der Waals surface area contributed by atoms with Crippen molar-refractivity contribution in [2.45, 2.75) is 88.4 Å². The topological polar surface area (TPSA) is 172 Å². The third kappa shape index (κ3) is 9.45. The molecule has 15 nitrogen and oxygen atoms in total. The second kappa shape index (κ2) is 18.8. The Kier molecular flexibility index (Phi) is 12.5. The van der Waals surface area contributed by atoms with Crippen molar-refractivity contribution in [3.05, 3.63) is 71.4 Å². The highest BCUT2D eigenvalue weighted by Crippen LogP contribution is 2.48. The lowest BCUT2D eigenvalue weighted by Crippen LogP contribution is -2.56. The molecule has 374 valence electrons. The molecule has 6 fully saturated rings. The third-order valence-corrected chi connectivity index (χ3v) is 16.0. The zero-order valence-electron chi connectivity index (χ0n) is 40.2. The van der Waals surface area contributed by atoms with Crippen molar-refractivity contribution >= 4 is 56.9 Å². The van der Waals surface area contributed by atoms with Crippen LogP contribution in [0.5, 0.6) is 11.8 Å². The van der Waals surface area contributed by atoms with Crippen molar-refractivity contribution in [2.75, 3.05) is 93.8 Å². The molecule has 4 N–H and O–H groups in total. The predicted molar refractivity (Wildman–Crippen MR) is 265 cm³/mol. The molecule has 7 heterocycles. The summed E-state index contributed by atoms with van der Waals surface area (Å²) in [7, 11) is 0. The van der Waals surface area contributed by atoms with E-state index in [1.54, 1.807) is 18.3 Å². The van der Waals surface area contributed by atoms with Crippen LogP contribution in [0.15, 0.2) is 48.7 Å². The van der Waals surface area contributed by atoms with E-state index in [4.69, 9.17) is 24.9 Å². The standard InChI is InChI=1S/C53H61F3N10O5/c1-2-37-40(54)6-4-33-25-36(67)26-38(44(33)37)46-45(55)47-39(28-58-46)48(66-16-3-10-53(31-66)15-23-71-53)62-50(61-47)70-32-51(11-12-51)29-63-17-13-52(56,14-18-63)30-64-19-21-65(22-20-64)35-5-7-41(34(24-35)27-57)59-42-8-9-43(68)60-49(42)69/h4-7,24-28,42,57,59,67H,2-3,8-23,29-32H2,1H3,(H,60,68,69)/t42?,53-/m0/s1. The van der Waals surface area contributed by atoms with Crippen LogP contribution in [0.1, 0.15) is 75.8 Å². The number of rotatable bonds is 14. The van der Waals surface area contributed by atoms with Crippen molar-refractivity contribution in [3.8, 4) is 23.0 Å². The van der Waals surface area contributed by atoms with Crippen LogP contribution in [0, 0.1) is 22.5 Å². The number of ether oxygens (including phenoxy) is 2. The number of alkyl halides is 1. The van der Waals surface area contributed by atoms with Crippen molar-refractivity contribution in [3.63, 3.8) is 0 Å². The first kappa shape index (κ1) is 47.2. The molecule has 1 saturated carbocycles. The number of likely N-dealkylation sites (tertiary alicyclic amines) is 1. The van der Waals surface area contributed by atoms with Gasteiger partial charge in [-0.1, -0.05) is 13.0 Å². The van der Waals surface area contributed by atoms with Gasteiger partial charge in [0.1, 0.15) is 40.3 Å². The number of nitrogens with one attached hydrogen (secondary N) is 3. The molecule has 5 aliphatic heterocycles. The molecule has 2 aromatic heterocycles. The maximum Gasteiger partial charge on any atom is 0.319 e. The fourth-order valence-electron chi connectivity index (χ4n) is 11.6. The van der Waals surface area contributed by atoms with Crippen molar-refractivity contribution in [2.24, 2.45) is 5.41 Å². The molecule has 18 heteroatoms. The molecule has 5 aromatic rings. The van der Waals surface area contributed by atoms with Gasteiger partial charge in [0.15, 0.2) is 5.82 Å². The van der Waals surface area contributed by atoms with E-state index in [9.17, 15) is 14.7 Å². The Bertz CT molecular complexity index is 2900. The minimum Gasteiger partial charge on any atom is -0.508 e. The minimum absolute atomic E-state index is 0.0313. The number of fused-ring (bicyclic) bond motifs is 2. The first-order valence-corrected chi connectivity index (χ1v) is 25.3. The minimum atomic E-state index is -1.30. The van der Waals surface area contributed by atoms with E-state index in [-0.39, 0.29) is 57.8 Å². The van der Waals surface area contributed by atoms with E-state index in [1.165, 1.54) is 18.3 Å². The molecule has 11 rings (SSSR count). The van der Waals surface area contributed by atoms with Gasteiger partial charge in [0, 0.05) is 119 Å². The lowest BCUT2D eigenvalue weighted by Gasteiger charge is -2.48. The number of aromatic hydroxyl groups is 1. The van der Waals surface area contributed by atoms with Crippen LogP contribution < -0.4 is 25.2 Å². The number of nitrogens with zero attached hydrogens (tertiary/aromatic N) is 7. The van der Waals surface area contributed by atoms with Crippen LogP contribution in [0.4, 0.5) is 30.4 Å². The molecule has 1 spiro atoms. The van der Waals surface area contributed by atoms with Crippen LogP contribution in [-0.2, 0) is 20.7 Å². The number of halogens is 3. The molecule has 71 heavy (non-hydrogen) atoms. The molecule has 2 amide bonds. The van der Waals surface area contributed by atoms with Gasteiger partial charge in [0.25, 0.3) is 0 Å². The normalized spacial score (nSPS) is 23.5. The average Bonchev–Trinajstić information content (AvgIpc) is 4.13. The number of carbonyl (C=O) groups excluding carboxylic acids is 2. The van der Waals surface area contributed by atoms with Crippen LogP contribution >= 0.6 is 0 Å². The van der Waals surface area contributed by atoms with Gasteiger partial charge >= 0.3 is 6.01 Å². The number of phenolic OH excluding ortho intramolecular Hbond substituents is 1. The molecule has 0 bridgehead atoms. The van der Waals surface area contributed by atoms with Crippen LogP contribution in [0.25, 0.3) is 32.9 Å². The van der Waals surface area contributed by atoms with E-state index in [0.717, 1.165) is 57.4 Å². The average molecular weight is 975 g/mol. The Morgan fingerprint density at radius 2 is 1.73 bits per heavy atom. The summed E-state index contributed by atoms with van der Waals surface area (Å²) in [6.07, 6.45) is 9.35. The number of pyridine rings is 1. The molecule has 3 aromatic carbocycles. The number of hydrogen-bond acceptors (Lipinski definition) is 14. The zero-order chi connectivity index (χ0) is 49.1. The maximum absolute atomic E-state index is 17.2. The lowest BCUT2D eigenvalue weighted by atomic mass is 9.86. The smallest absolute Gasteiger partial charge is 0.319 e. The summed E-state index contributed by atoms with van der Waals surface area (Å²) in [5.74, 6) is -1.33. The summed E-state index contributed by atoms with van der Waals surface area (Å²) in [6.45, 7) is 9.41. The van der Waals surface area contributed by atoms with Crippen LogP contribution in [-0.4, -0.2) is 144 Å². The van der Waals surface area contributed by atoms with Gasteiger partial charge in [0.05, 0.1) is 24.2 Å². The summed E-state index contributed by atoms with van der Waals surface area (Å²) >= 11 is 0. The van der Waals surface area contributed by atoms with Gasteiger partial charge in [-0.2, -0.15) is 9.97 Å². The van der Waals surface area contributed by atoms with Gasteiger partial charge in [-0.3, -0.25) is 24.8 Å². The summed E-state index contributed by atoms with van der Waals surface area (Å²) in [5, 5.41) is 25.8. The summed E-state index contributed by atoms with van der Waals surface area (Å²) in [4.78, 5) is 47.1. The Labute approximate surface area is 410 Å². The Morgan fingerprint density at radius 1 is 0.944 bits per heavy atom. The van der Waals surface area contributed by atoms with Crippen molar-refractivity contribution < 1.29 is 37.3 Å². The summed E-state index contributed by atoms with van der Waals surface area (Å²) < 4.78 is 61.6. The second-order valence-corrected chi connectivity index (χ2v) is 20.8. The SMILES string of the molecule is CCc1c(F)ccc2cc(O)cc(-c3ncc4c(N5CCC[C@]6(CCO6)C5)nc(OCC5(CN6CCC(F)(CN7CCN(c8ccc(NC9CCC(=O)NC9=O)c(C=N)c8)CC7)CC6)CC5)nc4c3F)c12. The fourth-order valence-corrected chi connectivity index (χ4v) is 11.6. The second-order valence-electron chi connectivity index (χ2n) is 20.8. The van der Waals surface area contributed by atoms with E-state index >= 15 is 13.2 Å². The number of carbonyl (C=O) groups is 2. The van der Waals surface area contributed by atoms with Crippen molar-refractivity contribution in [1.82, 2.24) is 30.1 Å². The quantitative estimate of drug-likeness (QED) is 0.0654. The number of piperazine rings is 1. The number of aromatic nitrogens is 3. The Hall–Kier alpha value is -6.11. The first-order valence-electron chi connectivity index (χ1n) is 25.3. The highest BCUT2D eigenvalue weighted by atomic mass is 19.1. The van der Waals surface area contributed by atoms with Crippen molar-refractivity contribution in [1.29, 1.82) is 5.41 Å². The number of imide groups is 1. The van der Waals surface area contributed by atoms with E-state index in [2.05, 4.69) is 35.2 Å². The number of piperidine rings is 3. The zero-order valence-corrected chi connectivity index (χ0v) is 40.2. The molecular weight excluding hydrogens is 914 g/mol. The van der Waals surface area contributed by atoms with Gasteiger partial charge in [0.2, 0.25) is 11.8 Å². The molecular formula is C53H61F3N10O5. The van der Waals surface area contributed by atoms with Gasteiger partial charge in [-0.25, -0.2) is 13.2 Å². The van der Waals surface area contributed by atoms with E-state index in [0.29, 0.717) is 124 Å². The van der Waals surface area contributed by atoms with Crippen LogP contribution in [0.2, 0.25) is 0 Å². The lowest BCUT2D eigenvalue weighted by molar-refractivity contribution is -0.151. The molecule has 1 unspecified atom stereocenters. The first-order chi connectivity index (χ1) is 34.3. The van der Waals surface area contributed by atoms with E-state index < -0.39 is 23.3 Å². The number of phenols is 1.